The van der Waals surface area contributed by atoms with Gasteiger partial charge in [0, 0.05) is 6.54 Å². The molecule has 0 bridgehead atoms. The number of thiol groups is 1. The Balaban J connectivity index is 2.64. The molecule has 1 aromatic carbocycles. The zero-order chi connectivity index (χ0) is 12.0. The van der Waals surface area contributed by atoms with Gasteiger partial charge in [0.15, 0.2) is 0 Å². The quantitative estimate of drug-likeness (QED) is 0.588. The Bertz CT molecular complexity index is 339. The molecule has 0 amide bonds. The summed E-state index contributed by atoms with van der Waals surface area (Å²) < 4.78 is 5.29. The van der Waals surface area contributed by atoms with Crippen LogP contribution in [0.15, 0.2) is 12.1 Å². The highest BCUT2D eigenvalue weighted by molar-refractivity contribution is 7.80. The number of benzene rings is 1. The standard InChI is InChI=1S/C13H21NOS/c1-10-11(2)13(15-3)6-5-12(10)9-14-7-4-8-16/h5-6,14,16H,4,7-9H2,1-3H3. The van der Waals surface area contributed by atoms with Crippen LogP contribution in [0.4, 0.5) is 0 Å². The van der Waals surface area contributed by atoms with Gasteiger partial charge in [-0.3, -0.25) is 0 Å². The van der Waals surface area contributed by atoms with E-state index in [1.807, 2.05) is 6.07 Å². The van der Waals surface area contributed by atoms with E-state index in [9.17, 15) is 0 Å². The third kappa shape index (κ3) is 3.42. The SMILES string of the molecule is COc1ccc(CNCCCS)c(C)c1C. The van der Waals surface area contributed by atoms with Crippen molar-refractivity contribution in [2.75, 3.05) is 19.4 Å². The minimum atomic E-state index is 0.921. The molecule has 0 aromatic heterocycles. The van der Waals surface area contributed by atoms with Gasteiger partial charge in [-0.15, -0.1) is 0 Å². The first-order valence-electron chi connectivity index (χ1n) is 5.65. The summed E-state index contributed by atoms with van der Waals surface area (Å²) in [7, 11) is 1.71. The van der Waals surface area contributed by atoms with E-state index in [-0.39, 0.29) is 0 Å². The van der Waals surface area contributed by atoms with E-state index in [1.165, 1.54) is 16.7 Å². The Kier molecular flexibility index (Phi) is 5.71. The number of hydrogen-bond acceptors (Lipinski definition) is 3. The minimum absolute atomic E-state index is 0.921. The fraction of sp³-hybridized carbons (Fsp3) is 0.538. The number of hydrogen-bond donors (Lipinski definition) is 2. The van der Waals surface area contributed by atoms with Crippen molar-refractivity contribution in [2.24, 2.45) is 0 Å². The van der Waals surface area contributed by atoms with Crippen molar-refractivity contribution in [2.45, 2.75) is 26.8 Å². The number of rotatable bonds is 6. The van der Waals surface area contributed by atoms with Crippen LogP contribution in [0.3, 0.4) is 0 Å². The zero-order valence-electron chi connectivity index (χ0n) is 10.3. The first-order valence-corrected chi connectivity index (χ1v) is 6.28. The van der Waals surface area contributed by atoms with Crippen molar-refractivity contribution >= 4 is 12.6 Å². The molecule has 0 spiro atoms. The molecular formula is C13H21NOS. The lowest BCUT2D eigenvalue weighted by Gasteiger charge is -2.13. The molecule has 90 valence electrons. The van der Waals surface area contributed by atoms with Gasteiger partial charge >= 0.3 is 0 Å². The van der Waals surface area contributed by atoms with Crippen LogP contribution in [0, 0.1) is 13.8 Å². The maximum atomic E-state index is 5.29. The van der Waals surface area contributed by atoms with E-state index in [0.717, 1.165) is 31.0 Å². The normalized spacial score (nSPS) is 10.5. The first-order chi connectivity index (χ1) is 7.70. The van der Waals surface area contributed by atoms with Gasteiger partial charge in [0.05, 0.1) is 7.11 Å². The van der Waals surface area contributed by atoms with Gasteiger partial charge in [-0.05, 0) is 55.3 Å². The molecule has 0 aliphatic carbocycles. The van der Waals surface area contributed by atoms with E-state index in [4.69, 9.17) is 4.74 Å². The summed E-state index contributed by atoms with van der Waals surface area (Å²) in [6.45, 7) is 6.19. The summed E-state index contributed by atoms with van der Waals surface area (Å²) in [5, 5.41) is 3.42. The molecule has 0 saturated carbocycles. The lowest BCUT2D eigenvalue weighted by molar-refractivity contribution is 0.411. The molecule has 0 atom stereocenters. The Morgan fingerprint density at radius 1 is 1.25 bits per heavy atom. The molecule has 1 aromatic rings. The predicted molar refractivity (Wildman–Crippen MR) is 72.6 cm³/mol. The monoisotopic (exact) mass is 239 g/mol. The molecule has 0 heterocycles. The van der Waals surface area contributed by atoms with Gasteiger partial charge in [-0.25, -0.2) is 0 Å². The smallest absolute Gasteiger partial charge is 0.122 e. The van der Waals surface area contributed by atoms with Gasteiger partial charge in [-0.2, -0.15) is 12.6 Å². The van der Waals surface area contributed by atoms with Gasteiger partial charge in [0.2, 0.25) is 0 Å². The topological polar surface area (TPSA) is 21.3 Å². The summed E-state index contributed by atoms with van der Waals surface area (Å²) in [6.07, 6.45) is 1.11. The van der Waals surface area contributed by atoms with Crippen molar-refractivity contribution in [3.8, 4) is 5.75 Å². The fourth-order valence-electron chi connectivity index (χ4n) is 1.69. The van der Waals surface area contributed by atoms with Crippen LogP contribution in [0.2, 0.25) is 0 Å². The second-order valence-corrected chi connectivity index (χ2v) is 4.38. The van der Waals surface area contributed by atoms with Gasteiger partial charge in [0.25, 0.3) is 0 Å². The Hall–Kier alpha value is -0.670. The number of methoxy groups -OCH3 is 1. The summed E-state index contributed by atoms with van der Waals surface area (Å²) >= 11 is 4.19. The lowest BCUT2D eigenvalue weighted by atomic mass is 10.0. The van der Waals surface area contributed by atoms with Crippen molar-refractivity contribution in [3.05, 3.63) is 28.8 Å². The van der Waals surface area contributed by atoms with Crippen LogP contribution in [0.1, 0.15) is 23.1 Å². The molecule has 0 aliphatic rings. The summed E-state index contributed by atoms with van der Waals surface area (Å²) in [4.78, 5) is 0. The maximum Gasteiger partial charge on any atom is 0.122 e. The Morgan fingerprint density at radius 2 is 2.00 bits per heavy atom. The average Bonchev–Trinajstić information content (AvgIpc) is 2.30. The van der Waals surface area contributed by atoms with E-state index >= 15 is 0 Å². The van der Waals surface area contributed by atoms with Crippen LogP contribution in [-0.4, -0.2) is 19.4 Å². The number of nitrogens with one attached hydrogen (secondary N) is 1. The molecule has 1 N–H and O–H groups in total. The lowest BCUT2D eigenvalue weighted by Crippen LogP contribution is -2.16. The third-order valence-electron chi connectivity index (χ3n) is 2.90. The number of ether oxygens (including phenoxy) is 1. The maximum absolute atomic E-state index is 5.29. The van der Waals surface area contributed by atoms with Crippen LogP contribution >= 0.6 is 12.6 Å². The van der Waals surface area contributed by atoms with Crippen molar-refractivity contribution in [3.63, 3.8) is 0 Å². The average molecular weight is 239 g/mol. The highest BCUT2D eigenvalue weighted by atomic mass is 32.1. The molecule has 0 radical (unpaired) electrons. The molecule has 1 rings (SSSR count). The molecule has 2 nitrogen and oxygen atoms in total. The minimum Gasteiger partial charge on any atom is -0.496 e. The zero-order valence-corrected chi connectivity index (χ0v) is 11.2. The molecular weight excluding hydrogens is 218 g/mol. The predicted octanol–water partition coefficient (Wildman–Crippen LogP) is 2.72. The highest BCUT2D eigenvalue weighted by Crippen LogP contribution is 2.23. The van der Waals surface area contributed by atoms with Crippen molar-refractivity contribution in [1.82, 2.24) is 5.32 Å². The van der Waals surface area contributed by atoms with Crippen LogP contribution < -0.4 is 10.1 Å². The second kappa shape index (κ2) is 6.81. The summed E-state index contributed by atoms with van der Waals surface area (Å²) in [5.41, 5.74) is 3.89. The van der Waals surface area contributed by atoms with E-state index in [2.05, 4.69) is 37.9 Å². The van der Waals surface area contributed by atoms with Gasteiger partial charge in [-0.1, -0.05) is 6.07 Å². The molecule has 0 unspecified atom stereocenters. The van der Waals surface area contributed by atoms with Gasteiger partial charge in [0.1, 0.15) is 5.75 Å². The molecule has 16 heavy (non-hydrogen) atoms. The molecule has 0 aliphatic heterocycles. The van der Waals surface area contributed by atoms with Crippen LogP contribution in [0.25, 0.3) is 0 Å². The second-order valence-electron chi connectivity index (χ2n) is 3.93. The fourth-order valence-corrected chi connectivity index (χ4v) is 1.85. The first kappa shape index (κ1) is 13.4. The largest absolute Gasteiger partial charge is 0.496 e. The van der Waals surface area contributed by atoms with Crippen molar-refractivity contribution < 1.29 is 4.74 Å². The molecule has 3 heteroatoms. The van der Waals surface area contributed by atoms with Crippen molar-refractivity contribution in [1.29, 1.82) is 0 Å². The third-order valence-corrected chi connectivity index (χ3v) is 3.21. The Labute approximate surface area is 104 Å². The van der Waals surface area contributed by atoms with E-state index in [1.54, 1.807) is 7.11 Å². The summed E-state index contributed by atoms with van der Waals surface area (Å²) in [6, 6.07) is 4.17. The Morgan fingerprint density at radius 3 is 2.62 bits per heavy atom. The van der Waals surface area contributed by atoms with Crippen LogP contribution in [0.5, 0.6) is 5.75 Å². The van der Waals surface area contributed by atoms with E-state index in [0.29, 0.717) is 0 Å². The van der Waals surface area contributed by atoms with E-state index < -0.39 is 0 Å². The summed E-state index contributed by atoms with van der Waals surface area (Å²) in [5.74, 6) is 1.91. The molecule has 0 saturated heterocycles. The molecule has 0 fully saturated rings. The van der Waals surface area contributed by atoms with Gasteiger partial charge < -0.3 is 10.1 Å². The highest BCUT2D eigenvalue weighted by Gasteiger charge is 2.05. The van der Waals surface area contributed by atoms with Crippen LogP contribution in [-0.2, 0) is 6.54 Å².